The van der Waals surface area contributed by atoms with E-state index < -0.39 is 0 Å². The lowest BCUT2D eigenvalue weighted by Crippen LogP contribution is -2.32. The summed E-state index contributed by atoms with van der Waals surface area (Å²) in [7, 11) is 5.49. The maximum absolute atomic E-state index is 9.97. The molecule has 0 radical (unpaired) electrons. The Hall–Kier alpha value is -3.90. The molecular weight excluding hydrogens is 500 g/mol. The molecule has 39 heavy (non-hydrogen) atoms. The lowest BCUT2D eigenvalue weighted by molar-refractivity contribution is 0.145. The van der Waals surface area contributed by atoms with Crippen molar-refractivity contribution in [2.24, 2.45) is 7.05 Å². The number of aliphatic hydroxyl groups excluding tert-OH is 1. The lowest BCUT2D eigenvalue weighted by Gasteiger charge is -2.24. The van der Waals surface area contributed by atoms with Gasteiger partial charge < -0.3 is 19.3 Å². The highest BCUT2D eigenvalue weighted by Gasteiger charge is 2.26. The van der Waals surface area contributed by atoms with Crippen molar-refractivity contribution in [1.82, 2.24) is 39.6 Å². The average molecular weight is 537 g/mol. The number of aromatic amines is 1. The summed E-state index contributed by atoms with van der Waals surface area (Å²) in [5.74, 6) is 1.56. The molecule has 2 unspecified atom stereocenters. The van der Waals surface area contributed by atoms with E-state index in [1.54, 1.807) is 11.8 Å². The molecule has 4 aromatic heterocycles. The van der Waals surface area contributed by atoms with Crippen molar-refractivity contribution < 1.29 is 19.3 Å². The summed E-state index contributed by atoms with van der Waals surface area (Å²) >= 11 is 0. The van der Waals surface area contributed by atoms with E-state index in [9.17, 15) is 5.11 Å². The largest absolute Gasteiger partial charge is 0.479 e. The molecule has 208 valence electrons. The van der Waals surface area contributed by atoms with Crippen LogP contribution in [0.3, 0.4) is 0 Å². The molecule has 5 rings (SSSR count). The molecule has 0 fully saturated rings. The van der Waals surface area contributed by atoms with Gasteiger partial charge in [-0.1, -0.05) is 0 Å². The smallest absolute Gasteiger partial charge is 0.242 e. The minimum Gasteiger partial charge on any atom is -0.479 e. The number of pyridine rings is 1. The normalized spacial score (nSPS) is 17.7. The van der Waals surface area contributed by atoms with Crippen molar-refractivity contribution in [2.75, 3.05) is 33.9 Å². The Balaban J connectivity index is 1.76. The summed E-state index contributed by atoms with van der Waals surface area (Å²) in [4.78, 5) is 6.95. The average Bonchev–Trinajstić information content (AvgIpc) is 3.54. The zero-order valence-electron chi connectivity index (χ0n) is 23.5. The third-order valence-electron chi connectivity index (χ3n) is 6.86. The zero-order valence-corrected chi connectivity index (χ0v) is 23.5. The number of aromatic nitrogens is 7. The van der Waals surface area contributed by atoms with Crippen molar-refractivity contribution in [3.63, 3.8) is 0 Å². The number of methoxy groups -OCH3 is 1. The van der Waals surface area contributed by atoms with Crippen LogP contribution in [0.25, 0.3) is 34.3 Å². The number of likely N-dealkylation sites (N-methyl/N-ethyl adjacent to an activating group) is 1. The van der Waals surface area contributed by atoms with Crippen molar-refractivity contribution in [2.45, 2.75) is 46.4 Å². The quantitative estimate of drug-likeness (QED) is 0.395. The second kappa shape index (κ2) is 10.7. The molecule has 0 saturated heterocycles. The number of fused-ring (bicyclic) bond motifs is 4. The van der Waals surface area contributed by atoms with E-state index in [0.29, 0.717) is 48.5 Å². The highest BCUT2D eigenvalue weighted by molar-refractivity contribution is 5.95. The molecule has 12 heteroatoms. The maximum atomic E-state index is 9.97. The van der Waals surface area contributed by atoms with Gasteiger partial charge in [0, 0.05) is 25.5 Å². The summed E-state index contributed by atoms with van der Waals surface area (Å²) in [5, 5.41) is 27.8. The Morgan fingerprint density at radius 3 is 2.74 bits per heavy atom. The predicted octanol–water partition coefficient (Wildman–Crippen LogP) is 3.21. The lowest BCUT2D eigenvalue weighted by atomic mass is 10.1. The van der Waals surface area contributed by atoms with Gasteiger partial charge in [0.2, 0.25) is 17.6 Å². The number of ether oxygens (including phenoxy) is 3. The molecule has 2 bridgehead atoms. The van der Waals surface area contributed by atoms with Gasteiger partial charge in [-0.25, -0.2) is 9.67 Å². The third kappa shape index (κ3) is 4.85. The van der Waals surface area contributed by atoms with Crippen LogP contribution < -0.4 is 14.2 Å². The number of nitrogens with one attached hydrogen (secondary N) is 1. The molecule has 0 saturated carbocycles. The van der Waals surface area contributed by atoms with Crippen LogP contribution in [-0.2, 0) is 13.6 Å². The van der Waals surface area contributed by atoms with Crippen LogP contribution in [0.1, 0.15) is 49.5 Å². The molecular formula is C27H36N8O4. The Morgan fingerprint density at radius 1 is 1.23 bits per heavy atom. The summed E-state index contributed by atoms with van der Waals surface area (Å²) in [6, 6.07) is 1.76. The fraction of sp³-hybridized carbons (Fsp3) is 0.481. The van der Waals surface area contributed by atoms with E-state index in [1.165, 1.54) is 0 Å². The maximum Gasteiger partial charge on any atom is 0.242 e. The summed E-state index contributed by atoms with van der Waals surface area (Å²) in [6.07, 6.45) is 3.79. The molecule has 1 aliphatic heterocycles. The van der Waals surface area contributed by atoms with E-state index in [0.717, 1.165) is 33.6 Å². The van der Waals surface area contributed by atoms with Crippen LogP contribution in [-0.4, -0.2) is 84.8 Å². The van der Waals surface area contributed by atoms with E-state index in [1.807, 2.05) is 64.7 Å². The molecule has 12 nitrogen and oxygen atoms in total. The minimum absolute atomic E-state index is 0.0456. The van der Waals surface area contributed by atoms with Gasteiger partial charge in [0.1, 0.15) is 6.10 Å². The van der Waals surface area contributed by atoms with Gasteiger partial charge in [-0.05, 0) is 53.0 Å². The van der Waals surface area contributed by atoms with Gasteiger partial charge in [-0.15, -0.1) is 5.10 Å². The summed E-state index contributed by atoms with van der Waals surface area (Å²) in [6.45, 7) is 9.47. The SMILES string of the molecule is CCOc1nn(C(C)CO)c2c1/C=C/c1[nH]nc3c(OC)nc(cc13)-c1c(C)nn(C)c1OC(C)CN(C)C2. The molecule has 2 N–H and O–H groups in total. The van der Waals surface area contributed by atoms with Gasteiger partial charge in [-0.2, -0.15) is 10.2 Å². The van der Waals surface area contributed by atoms with Crippen molar-refractivity contribution in [3.05, 3.63) is 28.7 Å². The van der Waals surface area contributed by atoms with Crippen molar-refractivity contribution in [1.29, 1.82) is 0 Å². The first-order chi connectivity index (χ1) is 18.7. The number of rotatable bonds is 5. The summed E-state index contributed by atoms with van der Waals surface area (Å²) in [5.41, 5.74) is 5.49. The van der Waals surface area contributed by atoms with Gasteiger partial charge in [0.25, 0.3) is 0 Å². The first-order valence-electron chi connectivity index (χ1n) is 13.1. The molecule has 2 atom stereocenters. The van der Waals surface area contributed by atoms with Gasteiger partial charge in [0.05, 0.1) is 60.3 Å². The van der Waals surface area contributed by atoms with Crippen LogP contribution in [0.2, 0.25) is 0 Å². The fourth-order valence-corrected chi connectivity index (χ4v) is 5.09. The van der Waals surface area contributed by atoms with Gasteiger partial charge in [0.15, 0.2) is 5.52 Å². The number of hydrogen-bond acceptors (Lipinski definition) is 9. The number of nitrogens with zero attached hydrogens (tertiary/aromatic N) is 7. The minimum atomic E-state index is -0.226. The molecule has 5 heterocycles. The van der Waals surface area contributed by atoms with Crippen LogP contribution in [0.4, 0.5) is 0 Å². The van der Waals surface area contributed by atoms with E-state index in [-0.39, 0.29) is 18.8 Å². The standard InChI is InChI=1S/C27H36N8O4/c1-8-38-25-18-9-10-20-19-11-21(28-26(37-7)24(19)30-29-20)23-17(4)31-34(6)27(23)39-16(3)12-33(5)13-22(18)35(32-25)15(2)14-36/h9-11,15-16,36H,8,12-14H2,1-7H3,(H,29,30)/b10-9+. The highest BCUT2D eigenvalue weighted by atomic mass is 16.5. The number of aliphatic hydroxyl groups is 1. The highest BCUT2D eigenvalue weighted by Crippen LogP contribution is 2.37. The first kappa shape index (κ1) is 26.7. The molecule has 0 spiro atoms. The second-order valence-electron chi connectivity index (χ2n) is 9.97. The van der Waals surface area contributed by atoms with Crippen LogP contribution >= 0.6 is 0 Å². The Morgan fingerprint density at radius 2 is 2.03 bits per heavy atom. The molecule has 0 amide bonds. The Kier molecular flexibility index (Phi) is 7.32. The Labute approximate surface area is 227 Å². The van der Waals surface area contributed by atoms with E-state index in [4.69, 9.17) is 24.3 Å². The molecule has 1 aliphatic rings. The summed E-state index contributed by atoms with van der Waals surface area (Å²) < 4.78 is 21.7. The Bertz CT molecular complexity index is 1520. The monoisotopic (exact) mass is 536 g/mol. The topological polar surface area (TPSA) is 128 Å². The second-order valence-corrected chi connectivity index (χ2v) is 9.97. The fourth-order valence-electron chi connectivity index (χ4n) is 5.09. The van der Waals surface area contributed by atoms with E-state index in [2.05, 4.69) is 20.2 Å². The third-order valence-corrected chi connectivity index (χ3v) is 6.86. The predicted molar refractivity (Wildman–Crippen MR) is 148 cm³/mol. The first-order valence-corrected chi connectivity index (χ1v) is 13.1. The zero-order chi connectivity index (χ0) is 27.8. The molecule has 4 aromatic rings. The van der Waals surface area contributed by atoms with Crippen molar-refractivity contribution in [3.8, 4) is 28.9 Å². The molecule has 0 aromatic carbocycles. The van der Waals surface area contributed by atoms with Crippen LogP contribution in [0, 0.1) is 6.92 Å². The van der Waals surface area contributed by atoms with Crippen LogP contribution in [0.5, 0.6) is 17.6 Å². The molecule has 0 aliphatic carbocycles. The van der Waals surface area contributed by atoms with Gasteiger partial charge >= 0.3 is 0 Å². The van der Waals surface area contributed by atoms with E-state index >= 15 is 0 Å². The number of hydrogen-bond donors (Lipinski definition) is 2. The van der Waals surface area contributed by atoms with Gasteiger partial charge in [-0.3, -0.25) is 14.7 Å². The number of H-pyrrole nitrogens is 1. The number of aryl methyl sites for hydroxylation is 2. The van der Waals surface area contributed by atoms with Crippen LogP contribution in [0.15, 0.2) is 6.07 Å². The van der Waals surface area contributed by atoms with Crippen molar-refractivity contribution >= 4 is 23.1 Å².